The van der Waals surface area contributed by atoms with E-state index in [0.29, 0.717) is 31.7 Å². The molecular formula is C11H20N2O4S. The fraction of sp³-hybridized carbons (Fsp3) is 0.818. The molecule has 1 fully saturated rings. The molecule has 3 unspecified atom stereocenters. The van der Waals surface area contributed by atoms with Crippen molar-refractivity contribution in [1.82, 2.24) is 10.2 Å². The molecule has 2 N–H and O–H groups in total. The summed E-state index contributed by atoms with van der Waals surface area (Å²) in [6.45, 7) is 2.70. The van der Waals surface area contributed by atoms with Gasteiger partial charge >= 0.3 is 12.0 Å². The molecule has 1 saturated heterocycles. The van der Waals surface area contributed by atoms with Gasteiger partial charge in [-0.15, -0.1) is 0 Å². The quantitative estimate of drug-likeness (QED) is 0.705. The molecule has 0 aromatic carbocycles. The molecule has 0 bridgehead atoms. The molecule has 0 aromatic heterocycles. The van der Waals surface area contributed by atoms with Crippen molar-refractivity contribution in [3.63, 3.8) is 0 Å². The largest absolute Gasteiger partial charge is 0.481 e. The highest BCUT2D eigenvalue weighted by molar-refractivity contribution is 7.84. The zero-order valence-electron chi connectivity index (χ0n) is 10.7. The van der Waals surface area contributed by atoms with Gasteiger partial charge < -0.3 is 15.3 Å². The van der Waals surface area contributed by atoms with Crippen molar-refractivity contribution >= 4 is 22.8 Å². The normalized spacial score (nSPS) is 24.9. The van der Waals surface area contributed by atoms with E-state index in [4.69, 9.17) is 5.11 Å². The van der Waals surface area contributed by atoms with Crippen LogP contribution in [0.4, 0.5) is 4.79 Å². The first-order valence-electron chi connectivity index (χ1n) is 6.00. The molecule has 104 valence electrons. The zero-order valence-corrected chi connectivity index (χ0v) is 11.5. The first-order valence-corrected chi connectivity index (χ1v) is 7.73. The van der Waals surface area contributed by atoms with E-state index in [1.807, 2.05) is 0 Å². The van der Waals surface area contributed by atoms with Crippen LogP contribution in [0.25, 0.3) is 0 Å². The third-order valence-electron chi connectivity index (χ3n) is 3.22. The van der Waals surface area contributed by atoms with Gasteiger partial charge in [0.05, 0.1) is 5.92 Å². The van der Waals surface area contributed by atoms with Crippen LogP contribution in [0, 0.1) is 5.92 Å². The molecule has 0 radical (unpaired) electrons. The Bertz CT molecular complexity index is 348. The van der Waals surface area contributed by atoms with Gasteiger partial charge in [0.2, 0.25) is 0 Å². The van der Waals surface area contributed by atoms with Crippen LogP contribution in [0.5, 0.6) is 0 Å². The molecule has 0 aromatic rings. The summed E-state index contributed by atoms with van der Waals surface area (Å²) >= 11 is 0. The fourth-order valence-electron chi connectivity index (χ4n) is 2.13. The number of likely N-dealkylation sites (tertiary alicyclic amines) is 1. The number of urea groups is 1. The van der Waals surface area contributed by atoms with E-state index in [2.05, 4.69) is 5.32 Å². The van der Waals surface area contributed by atoms with Crippen molar-refractivity contribution in [3.05, 3.63) is 0 Å². The molecule has 18 heavy (non-hydrogen) atoms. The average Bonchev–Trinajstić information content (AvgIpc) is 2.66. The highest BCUT2D eigenvalue weighted by Crippen LogP contribution is 2.24. The summed E-state index contributed by atoms with van der Waals surface area (Å²) in [6.07, 6.45) is 2.80. The van der Waals surface area contributed by atoms with Gasteiger partial charge in [-0.3, -0.25) is 9.00 Å². The summed E-state index contributed by atoms with van der Waals surface area (Å²) in [4.78, 5) is 24.3. The first kappa shape index (κ1) is 14.9. The Morgan fingerprint density at radius 3 is 2.67 bits per heavy atom. The maximum atomic E-state index is 11.8. The number of carboxylic acids is 1. The van der Waals surface area contributed by atoms with Crippen LogP contribution in [0.1, 0.15) is 19.8 Å². The van der Waals surface area contributed by atoms with Crippen molar-refractivity contribution in [2.45, 2.75) is 25.8 Å². The average molecular weight is 276 g/mol. The Labute approximate surface area is 109 Å². The maximum absolute atomic E-state index is 11.8. The fourth-order valence-corrected chi connectivity index (χ4v) is 2.68. The summed E-state index contributed by atoms with van der Waals surface area (Å²) in [5.74, 6) is -0.758. The van der Waals surface area contributed by atoms with Gasteiger partial charge in [0, 0.05) is 41.9 Å². The first-order chi connectivity index (χ1) is 8.43. The number of nitrogens with zero attached hydrogens (tertiary/aromatic N) is 1. The Hall–Kier alpha value is -1.11. The third kappa shape index (κ3) is 3.97. The van der Waals surface area contributed by atoms with E-state index >= 15 is 0 Å². The van der Waals surface area contributed by atoms with Gasteiger partial charge in [-0.05, 0) is 19.8 Å². The van der Waals surface area contributed by atoms with Crippen molar-refractivity contribution in [3.8, 4) is 0 Å². The monoisotopic (exact) mass is 276 g/mol. The van der Waals surface area contributed by atoms with Crippen LogP contribution in [0.2, 0.25) is 0 Å². The molecule has 2 amide bonds. The molecule has 0 saturated carbocycles. The second-order valence-corrected chi connectivity index (χ2v) is 6.08. The number of hydrogen-bond acceptors (Lipinski definition) is 3. The van der Waals surface area contributed by atoms with Gasteiger partial charge in [-0.2, -0.15) is 0 Å². The van der Waals surface area contributed by atoms with E-state index in [1.54, 1.807) is 18.1 Å². The van der Waals surface area contributed by atoms with Crippen LogP contribution in [-0.4, -0.2) is 57.4 Å². The molecule has 6 nitrogen and oxygen atoms in total. The predicted octanol–water partition coefficient (Wildman–Crippen LogP) is 0.260. The van der Waals surface area contributed by atoms with E-state index in [9.17, 15) is 13.8 Å². The highest BCUT2D eigenvalue weighted by atomic mass is 32.2. The lowest BCUT2D eigenvalue weighted by atomic mass is 10.0. The number of carbonyl (C=O) groups is 2. The molecule has 3 atom stereocenters. The molecule has 0 aliphatic carbocycles. The lowest BCUT2D eigenvalue weighted by Gasteiger charge is -2.23. The summed E-state index contributed by atoms with van der Waals surface area (Å²) in [5.41, 5.74) is 0. The van der Waals surface area contributed by atoms with Crippen LogP contribution >= 0.6 is 0 Å². The van der Waals surface area contributed by atoms with Crippen molar-refractivity contribution in [2.75, 3.05) is 25.1 Å². The topological polar surface area (TPSA) is 86.7 Å². The second kappa shape index (κ2) is 6.72. The van der Waals surface area contributed by atoms with Gasteiger partial charge in [0.1, 0.15) is 0 Å². The number of carboxylic acid groups (broad SMARTS) is 1. The standard InChI is InChI=1S/C11H20N2O4S/c1-8-9(10(14)15)4-6-13(8)11(16)12-5-3-7-18(2)17/h8-9H,3-7H2,1-2H3,(H,12,16)(H,14,15). The van der Waals surface area contributed by atoms with E-state index in [0.717, 1.165) is 0 Å². The van der Waals surface area contributed by atoms with E-state index in [-0.39, 0.29) is 12.1 Å². The van der Waals surface area contributed by atoms with Crippen LogP contribution in [-0.2, 0) is 15.6 Å². The van der Waals surface area contributed by atoms with Crippen molar-refractivity contribution < 1.29 is 18.9 Å². The molecule has 1 rings (SSSR count). The van der Waals surface area contributed by atoms with Crippen LogP contribution in [0.15, 0.2) is 0 Å². The number of nitrogens with one attached hydrogen (secondary N) is 1. The Morgan fingerprint density at radius 1 is 1.50 bits per heavy atom. The minimum atomic E-state index is -0.848. The number of amides is 2. The lowest BCUT2D eigenvalue weighted by molar-refractivity contribution is -0.142. The Morgan fingerprint density at radius 2 is 2.17 bits per heavy atom. The van der Waals surface area contributed by atoms with Gasteiger partial charge in [0.25, 0.3) is 0 Å². The zero-order chi connectivity index (χ0) is 13.7. The van der Waals surface area contributed by atoms with Gasteiger partial charge in [0.15, 0.2) is 0 Å². The number of carbonyl (C=O) groups excluding carboxylic acids is 1. The van der Waals surface area contributed by atoms with E-state index in [1.165, 1.54) is 0 Å². The van der Waals surface area contributed by atoms with Gasteiger partial charge in [-0.25, -0.2) is 4.79 Å². The van der Waals surface area contributed by atoms with E-state index < -0.39 is 22.7 Å². The number of hydrogen-bond donors (Lipinski definition) is 2. The molecule has 1 heterocycles. The summed E-state index contributed by atoms with van der Waals surface area (Å²) in [7, 11) is -0.844. The highest BCUT2D eigenvalue weighted by Gasteiger charge is 2.37. The smallest absolute Gasteiger partial charge is 0.317 e. The molecule has 7 heteroatoms. The van der Waals surface area contributed by atoms with Gasteiger partial charge in [-0.1, -0.05) is 0 Å². The number of aliphatic carboxylic acids is 1. The SMILES string of the molecule is CC1C(C(=O)O)CCN1C(=O)NCCCS(C)=O. The minimum Gasteiger partial charge on any atom is -0.481 e. The Kier molecular flexibility index (Phi) is 5.58. The number of rotatable bonds is 5. The second-order valence-electron chi connectivity index (χ2n) is 4.53. The molecule has 1 aliphatic rings. The van der Waals surface area contributed by atoms with Crippen molar-refractivity contribution in [1.29, 1.82) is 0 Å². The Balaban J connectivity index is 2.35. The minimum absolute atomic E-state index is 0.229. The summed E-state index contributed by atoms with van der Waals surface area (Å²) in [5, 5.41) is 11.7. The van der Waals surface area contributed by atoms with Crippen LogP contribution < -0.4 is 5.32 Å². The summed E-state index contributed by atoms with van der Waals surface area (Å²) < 4.78 is 10.8. The molecule has 1 aliphatic heterocycles. The summed E-state index contributed by atoms with van der Waals surface area (Å²) in [6, 6.07) is -0.504. The van der Waals surface area contributed by atoms with Crippen LogP contribution in [0.3, 0.4) is 0 Å². The van der Waals surface area contributed by atoms with Crippen molar-refractivity contribution in [2.24, 2.45) is 5.92 Å². The molecular weight excluding hydrogens is 256 g/mol. The maximum Gasteiger partial charge on any atom is 0.317 e. The third-order valence-corrected chi connectivity index (χ3v) is 4.08. The lowest BCUT2D eigenvalue weighted by Crippen LogP contribution is -2.44. The molecule has 0 spiro atoms. The predicted molar refractivity (Wildman–Crippen MR) is 68.9 cm³/mol.